The summed E-state index contributed by atoms with van der Waals surface area (Å²) in [6, 6.07) is 10.8. The maximum Gasteiger partial charge on any atom is 0.229 e. The number of hydrogen-bond acceptors (Lipinski definition) is 5. The van der Waals surface area contributed by atoms with E-state index < -0.39 is 10.0 Å². The van der Waals surface area contributed by atoms with Gasteiger partial charge >= 0.3 is 0 Å². The van der Waals surface area contributed by atoms with Crippen LogP contribution in [0.2, 0.25) is 0 Å². The first-order valence-corrected chi connectivity index (χ1v) is 7.92. The second-order valence-corrected chi connectivity index (χ2v) is 6.42. The number of hydrogen-bond donors (Lipinski definition) is 3. The molecule has 0 aliphatic heterocycles. The Morgan fingerprint density at radius 3 is 1.95 bits per heavy atom. The second kappa shape index (κ2) is 5.45. The Kier molecular flexibility index (Phi) is 3.86. The third kappa shape index (κ3) is 3.96. The van der Waals surface area contributed by atoms with Crippen LogP contribution in [0.5, 0.6) is 0 Å². The number of carbonyl (C=O) groups excluding carboxylic acids is 1. The summed E-state index contributed by atoms with van der Waals surface area (Å²) in [5.74, 6) is -0.236. The van der Waals surface area contributed by atoms with Crippen LogP contribution < -0.4 is 16.2 Å². The molecule has 0 heterocycles. The van der Waals surface area contributed by atoms with Crippen LogP contribution in [0.25, 0.3) is 0 Å². The zero-order chi connectivity index (χ0) is 15.6. The van der Waals surface area contributed by atoms with Crippen LogP contribution in [0.1, 0.15) is 15.9 Å². The van der Waals surface area contributed by atoms with Crippen molar-refractivity contribution in [3.8, 4) is 0 Å². The van der Waals surface area contributed by atoms with Gasteiger partial charge in [-0.3, -0.25) is 9.52 Å². The quantitative estimate of drug-likeness (QED) is 0.584. The van der Waals surface area contributed by atoms with Crippen molar-refractivity contribution < 1.29 is 13.2 Å². The third-order valence-electron chi connectivity index (χ3n) is 2.69. The largest absolute Gasteiger partial charge is 0.399 e. The van der Waals surface area contributed by atoms with Crippen molar-refractivity contribution >= 4 is 32.9 Å². The van der Waals surface area contributed by atoms with Gasteiger partial charge in [-0.2, -0.15) is 0 Å². The predicted octanol–water partition coefficient (Wildman–Crippen LogP) is 1.45. The Bertz CT molecular complexity index is 763. The highest BCUT2D eigenvalue weighted by Crippen LogP contribution is 2.19. The summed E-state index contributed by atoms with van der Waals surface area (Å²) in [6.45, 7) is 0. The maximum atomic E-state index is 12.3. The van der Waals surface area contributed by atoms with Crippen LogP contribution >= 0.6 is 0 Å². The van der Waals surface area contributed by atoms with Crippen molar-refractivity contribution in [1.29, 1.82) is 0 Å². The van der Waals surface area contributed by atoms with Crippen LogP contribution in [0.15, 0.2) is 42.5 Å². The monoisotopic (exact) mass is 305 g/mol. The van der Waals surface area contributed by atoms with Crippen molar-refractivity contribution in [2.24, 2.45) is 0 Å². The van der Waals surface area contributed by atoms with Crippen LogP contribution in [0.3, 0.4) is 0 Å². The lowest BCUT2D eigenvalue weighted by molar-refractivity contribution is 0.103. The fourth-order valence-electron chi connectivity index (χ4n) is 1.88. The van der Waals surface area contributed by atoms with Gasteiger partial charge < -0.3 is 11.5 Å². The number of nitrogens with one attached hydrogen (secondary N) is 1. The van der Waals surface area contributed by atoms with Gasteiger partial charge in [0.1, 0.15) is 0 Å². The minimum Gasteiger partial charge on any atom is -0.399 e. The molecule has 21 heavy (non-hydrogen) atoms. The average Bonchev–Trinajstić information content (AvgIpc) is 2.35. The lowest BCUT2D eigenvalue weighted by Gasteiger charge is -2.06. The fraction of sp³-hybridized carbons (Fsp3) is 0.0714. The summed E-state index contributed by atoms with van der Waals surface area (Å²) in [6.07, 6.45) is 1.06. The van der Waals surface area contributed by atoms with E-state index in [1.165, 1.54) is 24.3 Å². The molecule has 0 aliphatic rings. The summed E-state index contributed by atoms with van der Waals surface area (Å²) in [7, 11) is -3.34. The molecule has 0 saturated heterocycles. The molecule has 110 valence electrons. The van der Waals surface area contributed by atoms with E-state index in [1.54, 1.807) is 18.2 Å². The highest BCUT2D eigenvalue weighted by atomic mass is 32.2. The minimum atomic E-state index is -3.34. The van der Waals surface area contributed by atoms with Gasteiger partial charge in [-0.05, 0) is 42.5 Å². The van der Waals surface area contributed by atoms with Gasteiger partial charge in [0.25, 0.3) is 0 Å². The molecule has 0 fully saturated rings. The van der Waals surface area contributed by atoms with Crippen LogP contribution in [0, 0.1) is 0 Å². The Morgan fingerprint density at radius 1 is 0.952 bits per heavy atom. The first-order valence-electron chi connectivity index (χ1n) is 6.03. The Balaban J connectivity index is 2.28. The van der Waals surface area contributed by atoms with Gasteiger partial charge in [-0.25, -0.2) is 8.42 Å². The number of sulfonamides is 1. The molecule has 0 bridgehead atoms. The summed E-state index contributed by atoms with van der Waals surface area (Å²) in [4.78, 5) is 12.3. The SMILES string of the molecule is CS(=O)(=O)Nc1ccc(C(=O)c2cc(N)cc(N)c2)cc1. The molecule has 0 atom stereocenters. The molecule has 0 aliphatic carbocycles. The molecule has 2 aromatic rings. The standard InChI is InChI=1S/C14H15N3O3S/c1-21(19,20)17-13-4-2-9(3-5-13)14(18)10-6-11(15)8-12(16)7-10/h2-8,17H,15-16H2,1H3. The van der Waals surface area contributed by atoms with E-state index in [0.717, 1.165) is 6.26 Å². The smallest absolute Gasteiger partial charge is 0.229 e. The molecule has 0 radical (unpaired) electrons. The van der Waals surface area contributed by atoms with E-state index in [4.69, 9.17) is 11.5 Å². The molecule has 5 N–H and O–H groups in total. The lowest BCUT2D eigenvalue weighted by atomic mass is 10.0. The van der Waals surface area contributed by atoms with E-state index in [-0.39, 0.29) is 5.78 Å². The van der Waals surface area contributed by atoms with Gasteiger partial charge in [0, 0.05) is 28.2 Å². The minimum absolute atomic E-state index is 0.236. The van der Waals surface area contributed by atoms with Crippen molar-refractivity contribution in [3.63, 3.8) is 0 Å². The number of carbonyl (C=O) groups is 1. The molecule has 0 spiro atoms. The highest BCUT2D eigenvalue weighted by molar-refractivity contribution is 7.92. The van der Waals surface area contributed by atoms with Crippen LogP contribution in [-0.2, 0) is 10.0 Å². The molecule has 7 heteroatoms. The van der Waals surface area contributed by atoms with Crippen molar-refractivity contribution in [2.75, 3.05) is 22.4 Å². The number of rotatable bonds is 4. The van der Waals surface area contributed by atoms with E-state index in [0.29, 0.717) is 28.2 Å². The van der Waals surface area contributed by atoms with Crippen LogP contribution in [0.4, 0.5) is 17.1 Å². The molecule has 0 amide bonds. The van der Waals surface area contributed by atoms with E-state index >= 15 is 0 Å². The maximum absolute atomic E-state index is 12.3. The van der Waals surface area contributed by atoms with Gasteiger partial charge in [0.2, 0.25) is 10.0 Å². The second-order valence-electron chi connectivity index (χ2n) is 4.67. The lowest BCUT2D eigenvalue weighted by Crippen LogP contribution is -2.10. The molecule has 6 nitrogen and oxygen atoms in total. The van der Waals surface area contributed by atoms with E-state index in [1.807, 2.05) is 0 Å². The number of anilines is 3. The Morgan fingerprint density at radius 2 is 1.48 bits per heavy atom. The first-order chi connectivity index (χ1) is 9.74. The summed E-state index contributed by atoms with van der Waals surface area (Å²) >= 11 is 0. The molecule has 2 rings (SSSR count). The highest BCUT2D eigenvalue weighted by Gasteiger charge is 2.11. The zero-order valence-corrected chi connectivity index (χ0v) is 12.1. The average molecular weight is 305 g/mol. The van der Waals surface area contributed by atoms with Crippen molar-refractivity contribution in [1.82, 2.24) is 0 Å². The Labute approximate surface area is 122 Å². The topological polar surface area (TPSA) is 115 Å². The molecular formula is C14H15N3O3S. The molecular weight excluding hydrogens is 290 g/mol. The number of nitrogens with two attached hydrogens (primary N) is 2. The third-order valence-corrected chi connectivity index (χ3v) is 3.30. The molecule has 0 aromatic heterocycles. The van der Waals surface area contributed by atoms with Gasteiger partial charge in [-0.1, -0.05) is 0 Å². The predicted molar refractivity (Wildman–Crippen MR) is 83.6 cm³/mol. The summed E-state index contributed by atoms with van der Waals surface area (Å²) in [5.41, 5.74) is 13.3. The van der Waals surface area contributed by atoms with E-state index in [2.05, 4.69) is 4.72 Å². The van der Waals surface area contributed by atoms with Crippen LogP contribution in [-0.4, -0.2) is 20.5 Å². The van der Waals surface area contributed by atoms with Crippen molar-refractivity contribution in [2.45, 2.75) is 0 Å². The normalized spacial score (nSPS) is 11.1. The van der Waals surface area contributed by atoms with Gasteiger partial charge in [-0.15, -0.1) is 0 Å². The Hall–Kier alpha value is -2.54. The fourth-order valence-corrected chi connectivity index (χ4v) is 2.44. The van der Waals surface area contributed by atoms with Gasteiger partial charge in [0.15, 0.2) is 5.78 Å². The number of benzene rings is 2. The molecule has 0 unspecified atom stereocenters. The van der Waals surface area contributed by atoms with Crippen molar-refractivity contribution in [3.05, 3.63) is 53.6 Å². The number of ketones is 1. The first kappa shape index (κ1) is 14.9. The number of nitrogen functional groups attached to an aromatic ring is 2. The van der Waals surface area contributed by atoms with E-state index in [9.17, 15) is 13.2 Å². The molecule has 0 saturated carbocycles. The summed E-state index contributed by atoms with van der Waals surface area (Å²) in [5, 5.41) is 0. The molecule has 2 aromatic carbocycles. The van der Waals surface area contributed by atoms with Gasteiger partial charge in [0.05, 0.1) is 6.26 Å². The zero-order valence-electron chi connectivity index (χ0n) is 11.3. The summed E-state index contributed by atoms with van der Waals surface area (Å²) < 4.78 is 24.5.